The van der Waals surface area contributed by atoms with Crippen molar-refractivity contribution < 1.29 is 4.39 Å². The van der Waals surface area contributed by atoms with Crippen LogP contribution in [0.1, 0.15) is 11.3 Å². The SMILES string of the molecule is Nc1nc2nc(CCc3ccccc3F)cc(=O)n2[nH]1. The third-order valence-electron chi connectivity index (χ3n) is 3.01. The summed E-state index contributed by atoms with van der Waals surface area (Å²) in [6, 6.07) is 7.94. The fourth-order valence-corrected chi connectivity index (χ4v) is 2.04. The molecule has 6 nitrogen and oxygen atoms in total. The number of nitrogen functional groups attached to an aromatic ring is 1. The molecule has 0 unspecified atom stereocenters. The standard InChI is InChI=1S/C13H12FN5O/c14-10-4-2-1-3-8(10)5-6-9-7-11(20)19-13(16-9)17-12(15)18-19/h1-4,7H,5-6H2,(H3,15,16,17,18). The van der Waals surface area contributed by atoms with Crippen molar-refractivity contribution in [2.75, 3.05) is 5.73 Å². The van der Waals surface area contributed by atoms with Gasteiger partial charge in [-0.15, -0.1) is 0 Å². The summed E-state index contributed by atoms with van der Waals surface area (Å²) in [5.41, 5.74) is 6.34. The van der Waals surface area contributed by atoms with Gasteiger partial charge in [-0.05, 0) is 24.5 Å². The molecule has 0 aliphatic carbocycles. The quantitative estimate of drug-likeness (QED) is 0.742. The number of rotatable bonds is 3. The van der Waals surface area contributed by atoms with E-state index in [1.807, 2.05) is 0 Å². The van der Waals surface area contributed by atoms with Crippen LogP contribution in [0.5, 0.6) is 0 Å². The molecule has 0 radical (unpaired) electrons. The lowest BCUT2D eigenvalue weighted by Crippen LogP contribution is -2.16. The fourth-order valence-electron chi connectivity index (χ4n) is 2.04. The highest BCUT2D eigenvalue weighted by atomic mass is 19.1. The summed E-state index contributed by atoms with van der Waals surface area (Å²) in [5, 5.41) is 2.59. The van der Waals surface area contributed by atoms with E-state index in [-0.39, 0.29) is 23.1 Å². The summed E-state index contributed by atoms with van der Waals surface area (Å²) >= 11 is 0. The smallest absolute Gasteiger partial charge is 0.274 e. The van der Waals surface area contributed by atoms with Gasteiger partial charge in [-0.25, -0.2) is 9.37 Å². The molecule has 0 saturated carbocycles. The number of nitrogens with two attached hydrogens (primary N) is 1. The summed E-state index contributed by atoms with van der Waals surface area (Å²) in [7, 11) is 0. The Hall–Kier alpha value is -2.70. The van der Waals surface area contributed by atoms with Gasteiger partial charge in [0.25, 0.3) is 11.3 Å². The minimum absolute atomic E-state index is 0.126. The minimum atomic E-state index is -0.289. The van der Waals surface area contributed by atoms with E-state index in [0.717, 1.165) is 0 Å². The third-order valence-corrected chi connectivity index (χ3v) is 3.01. The maximum Gasteiger partial charge on any atom is 0.274 e. The molecule has 0 saturated heterocycles. The number of aryl methyl sites for hydroxylation is 2. The number of aromatic amines is 1. The van der Waals surface area contributed by atoms with E-state index in [2.05, 4.69) is 15.1 Å². The number of benzene rings is 1. The van der Waals surface area contributed by atoms with E-state index in [1.165, 1.54) is 16.6 Å². The normalized spacial score (nSPS) is 11.1. The Morgan fingerprint density at radius 1 is 1.25 bits per heavy atom. The average molecular weight is 273 g/mol. The van der Waals surface area contributed by atoms with Gasteiger partial charge in [-0.2, -0.15) is 9.50 Å². The highest BCUT2D eigenvalue weighted by Gasteiger charge is 2.07. The highest BCUT2D eigenvalue weighted by molar-refractivity contribution is 5.34. The third kappa shape index (κ3) is 2.25. The molecule has 0 fully saturated rings. The Balaban J connectivity index is 1.88. The summed E-state index contributed by atoms with van der Waals surface area (Å²) < 4.78 is 14.7. The molecule has 3 N–H and O–H groups in total. The van der Waals surface area contributed by atoms with E-state index in [9.17, 15) is 9.18 Å². The van der Waals surface area contributed by atoms with Crippen molar-refractivity contribution in [2.24, 2.45) is 0 Å². The highest BCUT2D eigenvalue weighted by Crippen LogP contribution is 2.09. The topological polar surface area (TPSA) is 89.1 Å². The van der Waals surface area contributed by atoms with Crippen molar-refractivity contribution in [3.8, 4) is 0 Å². The van der Waals surface area contributed by atoms with Gasteiger partial charge >= 0.3 is 0 Å². The van der Waals surface area contributed by atoms with E-state index in [1.54, 1.807) is 18.2 Å². The number of aromatic nitrogens is 4. The molecule has 0 atom stereocenters. The first-order chi connectivity index (χ1) is 9.63. The average Bonchev–Trinajstić information content (AvgIpc) is 2.79. The Kier molecular flexibility index (Phi) is 2.94. The van der Waals surface area contributed by atoms with Crippen LogP contribution in [0, 0.1) is 5.82 Å². The molecular weight excluding hydrogens is 261 g/mol. The van der Waals surface area contributed by atoms with E-state index < -0.39 is 0 Å². The van der Waals surface area contributed by atoms with Crippen LogP contribution in [-0.2, 0) is 12.8 Å². The van der Waals surface area contributed by atoms with Crippen molar-refractivity contribution in [2.45, 2.75) is 12.8 Å². The van der Waals surface area contributed by atoms with Crippen LogP contribution in [0.2, 0.25) is 0 Å². The van der Waals surface area contributed by atoms with Crippen LogP contribution in [0.15, 0.2) is 35.1 Å². The van der Waals surface area contributed by atoms with Crippen molar-refractivity contribution in [1.29, 1.82) is 0 Å². The molecule has 0 aliphatic heterocycles. The molecule has 20 heavy (non-hydrogen) atoms. The molecule has 7 heteroatoms. The number of fused-ring (bicyclic) bond motifs is 1. The molecule has 2 aromatic heterocycles. The van der Waals surface area contributed by atoms with Crippen LogP contribution < -0.4 is 11.3 Å². The number of hydrogen-bond donors (Lipinski definition) is 2. The summed E-state index contributed by atoms with van der Waals surface area (Å²) in [4.78, 5) is 19.9. The lowest BCUT2D eigenvalue weighted by Gasteiger charge is -2.02. The molecule has 1 aromatic carbocycles. The first kappa shape index (κ1) is 12.3. The number of nitrogens with zero attached hydrogens (tertiary/aromatic N) is 3. The molecule has 102 valence electrons. The van der Waals surface area contributed by atoms with Crippen LogP contribution in [0.3, 0.4) is 0 Å². The van der Waals surface area contributed by atoms with E-state index in [0.29, 0.717) is 24.1 Å². The molecule has 0 amide bonds. The van der Waals surface area contributed by atoms with Gasteiger partial charge in [0.1, 0.15) is 5.82 Å². The molecule has 3 aromatic rings. The van der Waals surface area contributed by atoms with Crippen LogP contribution >= 0.6 is 0 Å². The molecule has 0 spiro atoms. The van der Waals surface area contributed by atoms with E-state index in [4.69, 9.17) is 5.73 Å². The fraction of sp³-hybridized carbons (Fsp3) is 0.154. The minimum Gasteiger partial charge on any atom is -0.368 e. The van der Waals surface area contributed by atoms with Crippen molar-refractivity contribution in [3.05, 3.63) is 57.8 Å². The Morgan fingerprint density at radius 3 is 2.85 bits per heavy atom. The van der Waals surface area contributed by atoms with Crippen molar-refractivity contribution in [3.63, 3.8) is 0 Å². The number of nitrogens with one attached hydrogen (secondary N) is 1. The van der Waals surface area contributed by atoms with Gasteiger partial charge in [-0.1, -0.05) is 18.2 Å². The first-order valence-electron chi connectivity index (χ1n) is 6.11. The lowest BCUT2D eigenvalue weighted by atomic mass is 10.1. The van der Waals surface area contributed by atoms with Gasteiger partial charge in [0.2, 0.25) is 5.95 Å². The van der Waals surface area contributed by atoms with Crippen LogP contribution in [-0.4, -0.2) is 19.6 Å². The second kappa shape index (κ2) is 4.76. The zero-order chi connectivity index (χ0) is 14.1. The number of halogens is 1. The maximum absolute atomic E-state index is 13.5. The second-order valence-electron chi connectivity index (χ2n) is 4.42. The lowest BCUT2D eigenvalue weighted by molar-refractivity contribution is 0.608. The number of H-pyrrole nitrogens is 1. The van der Waals surface area contributed by atoms with Crippen LogP contribution in [0.25, 0.3) is 5.78 Å². The maximum atomic E-state index is 13.5. The monoisotopic (exact) mass is 273 g/mol. The molecule has 2 heterocycles. The molecule has 0 aliphatic rings. The van der Waals surface area contributed by atoms with Gasteiger partial charge in [0.15, 0.2) is 0 Å². The van der Waals surface area contributed by atoms with Crippen LogP contribution in [0.4, 0.5) is 10.3 Å². The van der Waals surface area contributed by atoms with E-state index >= 15 is 0 Å². The van der Waals surface area contributed by atoms with Gasteiger partial charge < -0.3 is 5.73 Å². The number of hydrogen-bond acceptors (Lipinski definition) is 4. The zero-order valence-electron chi connectivity index (χ0n) is 10.5. The Bertz CT molecular complexity index is 823. The largest absolute Gasteiger partial charge is 0.368 e. The van der Waals surface area contributed by atoms with Gasteiger partial charge in [0.05, 0.1) is 5.69 Å². The molecular formula is C13H12FN5O. The predicted molar refractivity (Wildman–Crippen MR) is 71.8 cm³/mol. The number of anilines is 1. The summed E-state index contributed by atoms with van der Waals surface area (Å²) in [6.07, 6.45) is 0.925. The first-order valence-corrected chi connectivity index (χ1v) is 6.11. The van der Waals surface area contributed by atoms with Crippen molar-refractivity contribution >= 4 is 11.7 Å². The summed E-state index contributed by atoms with van der Waals surface area (Å²) in [5.74, 6) is 0.0914. The van der Waals surface area contributed by atoms with Crippen molar-refractivity contribution in [1.82, 2.24) is 19.6 Å². The van der Waals surface area contributed by atoms with Gasteiger partial charge in [0, 0.05) is 6.07 Å². The molecule has 3 rings (SSSR count). The zero-order valence-corrected chi connectivity index (χ0v) is 10.5. The van der Waals surface area contributed by atoms with Gasteiger partial charge in [-0.3, -0.25) is 9.89 Å². The predicted octanol–water partition coefficient (Wildman–Crippen LogP) is 0.924. The Morgan fingerprint density at radius 2 is 2.05 bits per heavy atom. The molecule has 0 bridgehead atoms. The summed E-state index contributed by atoms with van der Waals surface area (Å²) in [6.45, 7) is 0. The Labute approximate surface area is 113 Å². The second-order valence-corrected chi connectivity index (χ2v) is 4.42.